The first-order valence-corrected chi connectivity index (χ1v) is 9.98. The summed E-state index contributed by atoms with van der Waals surface area (Å²) in [5.41, 5.74) is 7.86. The molecule has 0 atom stereocenters. The predicted molar refractivity (Wildman–Crippen MR) is 128 cm³/mol. The lowest BCUT2D eigenvalue weighted by molar-refractivity contribution is 0.475. The largest absolute Gasteiger partial charge is 1.00 e. The third kappa shape index (κ3) is 4.62. The number of phenols is 1. The molecule has 3 N–H and O–H groups in total. The van der Waals surface area contributed by atoms with E-state index in [-0.39, 0.29) is 1.43 Å². The van der Waals surface area contributed by atoms with Gasteiger partial charge in [-0.3, -0.25) is 0 Å². The van der Waals surface area contributed by atoms with Gasteiger partial charge < -0.3 is 15.1 Å². The summed E-state index contributed by atoms with van der Waals surface area (Å²) in [4.78, 5) is 16.0. The number of benzene rings is 1. The fraction of sp³-hybridized carbons (Fsp3) is 0. The highest BCUT2D eigenvalue weighted by molar-refractivity contribution is 5.77. The van der Waals surface area contributed by atoms with Crippen molar-refractivity contribution in [2.24, 2.45) is 0 Å². The Bertz CT molecular complexity index is 1360. The fourth-order valence-electron chi connectivity index (χ4n) is 3.37. The molecule has 8 bridgehead atoms. The molecule has 4 aromatic rings. The molecule has 5 nitrogen and oxygen atoms in total. The predicted octanol–water partition coefficient (Wildman–Crippen LogP) is 6.16. The topological polar surface area (TPSA) is 77.6 Å². The van der Waals surface area contributed by atoms with E-state index < -0.39 is 0 Å². The van der Waals surface area contributed by atoms with Crippen LogP contribution in [0.3, 0.4) is 0 Å². The molecule has 3 aromatic heterocycles. The maximum absolute atomic E-state index is 8.63. The van der Waals surface area contributed by atoms with Crippen LogP contribution in [0.25, 0.3) is 46.4 Å². The molecule has 0 amide bonds. The smallest absolute Gasteiger partial charge is 0.508 e. The van der Waals surface area contributed by atoms with Crippen LogP contribution in [0.15, 0.2) is 78.9 Å². The van der Waals surface area contributed by atoms with Crippen LogP contribution in [0.2, 0.25) is 0 Å². The quantitative estimate of drug-likeness (QED) is 0.283. The number of rotatable bonds is 0. The molecule has 5 heterocycles. The molecule has 5 heteroatoms. The van der Waals surface area contributed by atoms with Gasteiger partial charge in [0.05, 0.1) is 22.8 Å². The second-order valence-corrected chi connectivity index (χ2v) is 7.24. The Labute approximate surface area is 180 Å². The Kier molecular flexibility index (Phi) is 4.91. The van der Waals surface area contributed by atoms with Crippen LogP contribution in [-0.4, -0.2) is 25.0 Å². The highest BCUT2D eigenvalue weighted by atomic mass is 16.3. The summed E-state index contributed by atoms with van der Waals surface area (Å²) in [6.07, 6.45) is 8.05. The van der Waals surface area contributed by atoms with E-state index in [9.17, 15) is 0 Å². The van der Waals surface area contributed by atoms with Crippen LogP contribution >= 0.6 is 0 Å². The molecule has 0 unspecified atom stereocenters. The van der Waals surface area contributed by atoms with Crippen molar-refractivity contribution in [3.63, 3.8) is 0 Å². The van der Waals surface area contributed by atoms with E-state index in [4.69, 9.17) is 5.11 Å². The maximum atomic E-state index is 8.63. The Hall–Kier alpha value is -4.38. The summed E-state index contributed by atoms with van der Waals surface area (Å²) in [5.74, 6) is 0.322. The molecule has 0 aliphatic carbocycles. The summed E-state index contributed by atoms with van der Waals surface area (Å²) in [5, 5.41) is 8.63. The van der Waals surface area contributed by atoms with Crippen molar-refractivity contribution in [2.45, 2.75) is 0 Å². The maximum Gasteiger partial charge on any atom is 1.00 e. The molecule has 150 valence electrons. The molecule has 1 aromatic carbocycles. The summed E-state index contributed by atoms with van der Waals surface area (Å²) in [6, 6.07) is 25.1. The van der Waals surface area contributed by atoms with Crippen LogP contribution in [0.5, 0.6) is 5.75 Å². The van der Waals surface area contributed by atoms with Crippen molar-refractivity contribution in [3.05, 3.63) is 102 Å². The van der Waals surface area contributed by atoms with Gasteiger partial charge in [0.15, 0.2) is 0 Å². The monoisotopic (exact) mass is 405 g/mol. The standard InChI is InChI=1S/C20H14N4.C6H6O/c1-2-14-10-16-5-6-18(23-16)12-20-8-7-19(24-20)11-17-4-3-15(22-17)9-13(1)21-14;7-6-4-2-1-3-5-6/h1-12,21-22H;1-5,7H/p+1. The minimum absolute atomic E-state index is 0. The van der Waals surface area contributed by atoms with E-state index >= 15 is 0 Å². The van der Waals surface area contributed by atoms with Crippen molar-refractivity contribution in [3.8, 4) is 5.75 Å². The van der Waals surface area contributed by atoms with E-state index in [1.807, 2.05) is 48.6 Å². The van der Waals surface area contributed by atoms with Crippen LogP contribution in [0, 0.1) is 0 Å². The molecule has 31 heavy (non-hydrogen) atoms. The number of nitrogens with zero attached hydrogens (tertiary/aromatic N) is 2. The molecular weight excluding hydrogens is 384 g/mol. The summed E-state index contributed by atoms with van der Waals surface area (Å²) in [6.45, 7) is 0. The molecule has 0 radical (unpaired) electrons. The molecule has 6 rings (SSSR count). The van der Waals surface area contributed by atoms with Gasteiger partial charge in [0.25, 0.3) is 0 Å². The fourth-order valence-corrected chi connectivity index (χ4v) is 3.37. The van der Waals surface area contributed by atoms with Gasteiger partial charge in [-0.15, -0.1) is 0 Å². The highest BCUT2D eigenvalue weighted by Gasteiger charge is 2.02. The summed E-state index contributed by atoms with van der Waals surface area (Å²) < 4.78 is 0. The van der Waals surface area contributed by atoms with Crippen LogP contribution in [0.1, 0.15) is 24.2 Å². The second kappa shape index (κ2) is 8.16. The van der Waals surface area contributed by atoms with E-state index in [0.717, 1.165) is 44.8 Å². The lowest BCUT2D eigenvalue weighted by Gasteiger charge is -1.86. The van der Waals surface area contributed by atoms with Crippen molar-refractivity contribution < 1.29 is 6.53 Å². The number of hydrogen-bond acceptors (Lipinski definition) is 3. The van der Waals surface area contributed by atoms with E-state index in [1.165, 1.54) is 0 Å². The minimum Gasteiger partial charge on any atom is -0.508 e. The van der Waals surface area contributed by atoms with Crippen LogP contribution in [0.4, 0.5) is 0 Å². The van der Waals surface area contributed by atoms with Crippen molar-refractivity contribution in [1.29, 1.82) is 0 Å². The number of fused-ring (bicyclic) bond motifs is 8. The molecule has 2 aliphatic heterocycles. The first kappa shape index (κ1) is 18.6. The third-order valence-electron chi connectivity index (χ3n) is 4.80. The number of nitrogens with one attached hydrogen (secondary N) is 2. The molecule has 0 fully saturated rings. The molecule has 0 saturated heterocycles. The highest BCUT2D eigenvalue weighted by Crippen LogP contribution is 2.17. The van der Waals surface area contributed by atoms with Crippen LogP contribution in [-0.2, 0) is 0 Å². The summed E-state index contributed by atoms with van der Waals surface area (Å²) >= 11 is 0. The second-order valence-electron chi connectivity index (χ2n) is 7.24. The number of hydrogen-bond donors (Lipinski definition) is 3. The van der Waals surface area contributed by atoms with Gasteiger partial charge in [-0.2, -0.15) is 0 Å². The molecule has 0 saturated carbocycles. The Morgan fingerprint density at radius 2 is 0.935 bits per heavy atom. The van der Waals surface area contributed by atoms with Crippen molar-refractivity contribution >= 4 is 46.4 Å². The number of phenolic OH excluding ortho intramolecular Hbond substituents is 1. The lowest BCUT2D eigenvalue weighted by Crippen LogP contribution is -1.77. The van der Waals surface area contributed by atoms with E-state index in [1.54, 1.807) is 24.3 Å². The van der Waals surface area contributed by atoms with Crippen LogP contribution < -0.4 is 0 Å². The van der Waals surface area contributed by atoms with Crippen molar-refractivity contribution in [2.75, 3.05) is 0 Å². The first-order chi connectivity index (χ1) is 15.2. The summed E-state index contributed by atoms with van der Waals surface area (Å²) in [7, 11) is 0. The zero-order valence-electron chi connectivity index (χ0n) is 17.7. The van der Waals surface area contributed by atoms with Crippen molar-refractivity contribution in [1.82, 2.24) is 19.9 Å². The first-order valence-electron chi connectivity index (χ1n) is 9.98. The molecule has 0 spiro atoms. The Morgan fingerprint density at radius 3 is 1.35 bits per heavy atom. The van der Waals surface area contributed by atoms with E-state index in [2.05, 4.69) is 50.3 Å². The number of H-pyrrole nitrogens is 2. The average Bonchev–Trinajstić information content (AvgIpc) is 3.55. The number of para-hydroxylation sites is 1. The zero-order chi connectivity index (χ0) is 21.0. The van der Waals surface area contributed by atoms with E-state index in [0.29, 0.717) is 5.75 Å². The number of aromatic nitrogens is 4. The number of aromatic amines is 2. The number of aromatic hydroxyl groups is 1. The third-order valence-corrected chi connectivity index (χ3v) is 4.80. The average molecular weight is 405 g/mol. The van der Waals surface area contributed by atoms with Gasteiger partial charge in [-0.05, 0) is 85.0 Å². The lowest BCUT2D eigenvalue weighted by atomic mass is 10.3. The van der Waals surface area contributed by atoms with Gasteiger partial charge in [0, 0.05) is 22.1 Å². The Balaban J connectivity index is 0.000000265. The SMILES string of the molecule is C1=Cc2cc3ccc(cc4ccc(cc5nc(cc1n2)C=C5)[nH]4)[nH]3.Oc1ccccc1.[H+]. The normalized spacial score (nSPS) is 11.7. The Morgan fingerprint density at radius 1 is 0.516 bits per heavy atom. The molecular formula is C26H21N4O+. The van der Waals surface area contributed by atoms with Gasteiger partial charge in [0.2, 0.25) is 0 Å². The molecule has 2 aliphatic rings. The van der Waals surface area contributed by atoms with Gasteiger partial charge in [-0.25, -0.2) is 9.97 Å². The zero-order valence-corrected chi connectivity index (χ0v) is 16.7. The van der Waals surface area contributed by atoms with Gasteiger partial charge in [0.1, 0.15) is 5.75 Å². The minimum atomic E-state index is 0. The van der Waals surface area contributed by atoms with Gasteiger partial charge >= 0.3 is 1.43 Å². The van der Waals surface area contributed by atoms with Gasteiger partial charge in [-0.1, -0.05) is 18.2 Å².